The van der Waals surface area contributed by atoms with Gasteiger partial charge in [-0.25, -0.2) is 4.98 Å². The predicted octanol–water partition coefficient (Wildman–Crippen LogP) is 1.82. The lowest BCUT2D eigenvalue weighted by molar-refractivity contribution is 0.0945. The zero-order valence-electron chi connectivity index (χ0n) is 13.5. The maximum Gasteiger partial charge on any atom is 0.270 e. The van der Waals surface area contributed by atoms with Crippen LogP contribution >= 0.6 is 0 Å². The molecule has 0 aliphatic carbocycles. The van der Waals surface area contributed by atoms with E-state index in [9.17, 15) is 9.59 Å². The molecule has 0 bridgehead atoms. The average molecular weight is 325 g/mol. The molecule has 3 rings (SSSR count). The molecule has 24 heavy (non-hydrogen) atoms. The zero-order valence-corrected chi connectivity index (χ0v) is 13.5. The molecular weight excluding hydrogens is 306 g/mol. The van der Waals surface area contributed by atoms with Gasteiger partial charge >= 0.3 is 0 Å². The van der Waals surface area contributed by atoms with Crippen LogP contribution < -0.4 is 10.9 Å². The Morgan fingerprint density at radius 2 is 2.00 bits per heavy atom. The van der Waals surface area contributed by atoms with Crippen molar-refractivity contribution in [2.75, 3.05) is 6.54 Å². The summed E-state index contributed by atoms with van der Waals surface area (Å²) in [6, 6.07) is 10.0. The summed E-state index contributed by atoms with van der Waals surface area (Å²) < 4.78 is 0. The molecule has 3 N–H and O–H groups in total. The van der Waals surface area contributed by atoms with Gasteiger partial charge in [0, 0.05) is 12.5 Å². The Morgan fingerprint density at radius 1 is 1.25 bits per heavy atom. The van der Waals surface area contributed by atoms with Crippen molar-refractivity contribution in [3.05, 3.63) is 58.3 Å². The number of aromatic nitrogens is 4. The van der Waals surface area contributed by atoms with Gasteiger partial charge in [-0.3, -0.25) is 14.7 Å². The molecule has 1 atom stereocenters. The van der Waals surface area contributed by atoms with E-state index < -0.39 is 0 Å². The van der Waals surface area contributed by atoms with Crippen LogP contribution in [0.2, 0.25) is 0 Å². The third kappa shape index (κ3) is 3.05. The maximum atomic E-state index is 12.5. The van der Waals surface area contributed by atoms with E-state index in [1.165, 1.54) is 11.9 Å². The molecule has 0 saturated carbocycles. The van der Waals surface area contributed by atoms with Crippen molar-refractivity contribution in [2.24, 2.45) is 5.92 Å². The number of nitrogens with zero attached hydrogens (tertiary/aromatic N) is 2. The summed E-state index contributed by atoms with van der Waals surface area (Å²) in [6.45, 7) is 4.70. The molecule has 124 valence electrons. The Bertz CT molecular complexity index is 898. The fraction of sp³-hybridized carbons (Fsp3) is 0.294. The van der Waals surface area contributed by atoms with Crippen molar-refractivity contribution in [3.8, 4) is 0 Å². The quantitative estimate of drug-likeness (QED) is 0.665. The van der Waals surface area contributed by atoms with Gasteiger partial charge in [-0.1, -0.05) is 44.2 Å². The van der Waals surface area contributed by atoms with Crippen molar-refractivity contribution in [1.29, 1.82) is 0 Å². The Hall–Kier alpha value is -2.96. The van der Waals surface area contributed by atoms with Crippen LogP contribution in [0.3, 0.4) is 0 Å². The van der Waals surface area contributed by atoms with E-state index in [2.05, 4.69) is 51.5 Å². The number of nitrogens with one attached hydrogen (secondary N) is 3. The number of carbonyl (C=O) groups is 1. The van der Waals surface area contributed by atoms with Crippen LogP contribution in [-0.4, -0.2) is 32.6 Å². The molecule has 1 aromatic carbocycles. The van der Waals surface area contributed by atoms with Gasteiger partial charge in [-0.2, -0.15) is 5.10 Å². The molecule has 0 aliphatic heterocycles. The lowest BCUT2D eigenvalue weighted by atomic mass is 9.88. The second kappa shape index (κ2) is 6.66. The number of carbonyl (C=O) groups excluding carboxylic acids is 1. The Morgan fingerprint density at radius 3 is 2.71 bits per heavy atom. The van der Waals surface area contributed by atoms with Crippen molar-refractivity contribution in [1.82, 2.24) is 25.5 Å². The van der Waals surface area contributed by atoms with Crippen LogP contribution in [0.25, 0.3) is 11.0 Å². The number of hydrogen-bond acceptors (Lipinski definition) is 4. The second-order valence-corrected chi connectivity index (χ2v) is 6.00. The van der Waals surface area contributed by atoms with Crippen LogP contribution in [0.4, 0.5) is 0 Å². The van der Waals surface area contributed by atoms with E-state index in [4.69, 9.17) is 0 Å². The molecule has 0 aliphatic rings. The summed E-state index contributed by atoms with van der Waals surface area (Å²) in [4.78, 5) is 30.8. The van der Waals surface area contributed by atoms with Gasteiger partial charge in [0.2, 0.25) is 0 Å². The zero-order chi connectivity index (χ0) is 17.1. The molecule has 7 heteroatoms. The third-order valence-electron chi connectivity index (χ3n) is 4.10. The first-order valence-electron chi connectivity index (χ1n) is 7.83. The Labute approximate surface area is 138 Å². The van der Waals surface area contributed by atoms with Crippen LogP contribution in [0.15, 0.2) is 41.5 Å². The average Bonchev–Trinajstić information content (AvgIpc) is 3.01. The maximum absolute atomic E-state index is 12.5. The van der Waals surface area contributed by atoms with Gasteiger partial charge < -0.3 is 10.3 Å². The van der Waals surface area contributed by atoms with E-state index in [1.807, 2.05) is 18.2 Å². The lowest BCUT2D eigenvalue weighted by Gasteiger charge is -2.21. The van der Waals surface area contributed by atoms with Crippen molar-refractivity contribution >= 4 is 16.9 Å². The van der Waals surface area contributed by atoms with Crippen molar-refractivity contribution in [2.45, 2.75) is 19.8 Å². The molecule has 2 aromatic heterocycles. The standard InChI is InChI=1S/C17H19N5O2/c1-10(2)12(11-6-4-3-5-7-11)8-18-17(24)14-13-15(22-21-14)19-9-20-16(13)23/h3-7,9-10,12H,8H2,1-2H3,(H,18,24)(H2,19,20,21,22,23). The minimum atomic E-state index is -0.387. The number of amides is 1. The van der Waals surface area contributed by atoms with Gasteiger partial charge in [-0.15, -0.1) is 0 Å². The Kier molecular flexibility index (Phi) is 4.41. The SMILES string of the molecule is CC(C)C(CNC(=O)c1[nH]nc2nc[nH]c(=O)c12)c1ccccc1. The van der Waals surface area contributed by atoms with E-state index in [-0.39, 0.29) is 34.1 Å². The number of fused-ring (bicyclic) bond motifs is 1. The molecular formula is C17H19N5O2. The van der Waals surface area contributed by atoms with Gasteiger partial charge in [0.25, 0.3) is 11.5 Å². The molecule has 1 amide bonds. The fourth-order valence-corrected chi connectivity index (χ4v) is 2.76. The fourth-order valence-electron chi connectivity index (χ4n) is 2.76. The monoisotopic (exact) mass is 325 g/mol. The molecule has 2 heterocycles. The van der Waals surface area contributed by atoms with E-state index in [0.717, 1.165) is 0 Å². The third-order valence-corrected chi connectivity index (χ3v) is 4.10. The summed E-state index contributed by atoms with van der Waals surface area (Å²) in [5, 5.41) is 9.58. The Balaban J connectivity index is 1.80. The number of benzene rings is 1. The summed E-state index contributed by atoms with van der Waals surface area (Å²) in [7, 11) is 0. The summed E-state index contributed by atoms with van der Waals surface area (Å²) >= 11 is 0. The van der Waals surface area contributed by atoms with Gasteiger partial charge in [0.05, 0.1) is 6.33 Å². The smallest absolute Gasteiger partial charge is 0.270 e. The summed E-state index contributed by atoms with van der Waals surface area (Å²) in [5.74, 6) is 0.176. The topological polar surface area (TPSA) is 104 Å². The molecule has 0 saturated heterocycles. The molecule has 1 unspecified atom stereocenters. The molecule has 3 aromatic rings. The predicted molar refractivity (Wildman–Crippen MR) is 90.9 cm³/mol. The number of hydrogen-bond donors (Lipinski definition) is 3. The second-order valence-electron chi connectivity index (χ2n) is 6.00. The first-order valence-corrected chi connectivity index (χ1v) is 7.83. The number of rotatable bonds is 5. The van der Waals surface area contributed by atoms with E-state index in [1.54, 1.807) is 0 Å². The minimum absolute atomic E-state index is 0.134. The highest BCUT2D eigenvalue weighted by Crippen LogP contribution is 2.23. The van der Waals surface area contributed by atoms with Gasteiger partial charge in [0.15, 0.2) is 5.65 Å². The van der Waals surface area contributed by atoms with Crippen LogP contribution in [0.5, 0.6) is 0 Å². The van der Waals surface area contributed by atoms with Crippen LogP contribution in [-0.2, 0) is 0 Å². The van der Waals surface area contributed by atoms with Crippen molar-refractivity contribution < 1.29 is 4.79 Å². The van der Waals surface area contributed by atoms with Gasteiger partial charge in [-0.05, 0) is 11.5 Å². The minimum Gasteiger partial charge on any atom is -0.350 e. The number of aromatic amines is 2. The highest BCUT2D eigenvalue weighted by Gasteiger charge is 2.20. The van der Waals surface area contributed by atoms with Crippen LogP contribution in [0, 0.1) is 5.92 Å². The van der Waals surface area contributed by atoms with Crippen LogP contribution in [0.1, 0.15) is 35.8 Å². The van der Waals surface area contributed by atoms with E-state index in [0.29, 0.717) is 12.5 Å². The number of H-pyrrole nitrogens is 2. The molecule has 7 nitrogen and oxygen atoms in total. The largest absolute Gasteiger partial charge is 0.350 e. The van der Waals surface area contributed by atoms with Crippen molar-refractivity contribution in [3.63, 3.8) is 0 Å². The molecule has 0 spiro atoms. The highest BCUT2D eigenvalue weighted by molar-refractivity contribution is 6.03. The lowest BCUT2D eigenvalue weighted by Crippen LogP contribution is -2.31. The molecule has 0 fully saturated rings. The highest BCUT2D eigenvalue weighted by atomic mass is 16.2. The first kappa shape index (κ1) is 15.9. The normalized spacial score (nSPS) is 12.5. The van der Waals surface area contributed by atoms with E-state index >= 15 is 0 Å². The first-order chi connectivity index (χ1) is 11.6. The summed E-state index contributed by atoms with van der Waals surface area (Å²) in [5.41, 5.74) is 1.14. The molecule has 0 radical (unpaired) electrons. The summed E-state index contributed by atoms with van der Waals surface area (Å²) in [6.07, 6.45) is 1.26. The van der Waals surface area contributed by atoms with Gasteiger partial charge in [0.1, 0.15) is 11.1 Å².